The molecule has 1 aromatic carbocycles. The number of unbranched alkanes of at least 4 members (excludes halogenated alkanes) is 1. The summed E-state index contributed by atoms with van der Waals surface area (Å²) in [7, 11) is -1.24. The number of para-hydroxylation sites is 1. The van der Waals surface area contributed by atoms with Crippen LogP contribution in [0.5, 0.6) is 0 Å². The van der Waals surface area contributed by atoms with Crippen molar-refractivity contribution < 1.29 is 28.6 Å². The maximum absolute atomic E-state index is 14.1. The molecule has 0 spiro atoms. The molecule has 10 nitrogen and oxygen atoms in total. The highest BCUT2D eigenvalue weighted by Crippen LogP contribution is 2.56. The number of pyridine rings is 2. The molecule has 2 aliphatic heterocycles. The maximum Gasteiger partial charge on any atom is 0.407 e. The molecule has 2 aliphatic rings. The lowest BCUT2D eigenvalue weighted by molar-refractivity contribution is -0.189. The fraction of sp³-hybridized carbons (Fsp3) is 0.500. The molecule has 4 heterocycles. The van der Waals surface area contributed by atoms with Crippen LogP contribution in [0, 0.1) is 0 Å². The van der Waals surface area contributed by atoms with Gasteiger partial charge in [-0.1, -0.05) is 38.5 Å². The Morgan fingerprint density at radius 1 is 1.13 bits per heavy atom. The number of fused-ring (bicyclic) bond motifs is 5. The monoisotopic (exact) mass is 637 g/mol. The fourth-order valence-corrected chi connectivity index (χ4v) is 9.02. The van der Waals surface area contributed by atoms with E-state index in [0.29, 0.717) is 17.8 Å². The predicted octanol–water partition coefficient (Wildman–Crippen LogP) is 5.77. The Bertz CT molecular complexity index is 1740. The van der Waals surface area contributed by atoms with E-state index in [-0.39, 0.29) is 37.1 Å². The number of alkyl carbamates (subject to hydrolysis) is 1. The predicted molar refractivity (Wildman–Crippen MR) is 175 cm³/mol. The zero-order valence-electron chi connectivity index (χ0n) is 27.2. The summed E-state index contributed by atoms with van der Waals surface area (Å²) >= 11 is 0. The van der Waals surface area contributed by atoms with Gasteiger partial charge in [0.1, 0.15) is 12.2 Å². The highest BCUT2D eigenvalue weighted by atomic mass is 32.3. The molecule has 0 fully saturated rings. The Hall–Kier alpha value is -3.86. The molecule has 242 valence electrons. The first-order chi connectivity index (χ1) is 21.2. The number of nitrogens with zero attached hydrogens (tertiary/aromatic N) is 2. The SMILES string of the molecule is CCCCS(C)(C)c1c2c(nc3ccccc13)-c1cc3c(c(=O)n1C2)COC(=O)[C@@]3(CC)OC(=O)CCNC(=O)OC(C)(C)C. The second kappa shape index (κ2) is 12.2. The van der Waals surface area contributed by atoms with Crippen molar-refractivity contribution >= 4 is 39.0 Å². The molecule has 45 heavy (non-hydrogen) atoms. The van der Waals surface area contributed by atoms with E-state index in [1.165, 1.54) is 4.90 Å². The molecule has 1 atom stereocenters. The van der Waals surface area contributed by atoms with Gasteiger partial charge in [-0.25, -0.2) is 24.6 Å². The Morgan fingerprint density at radius 3 is 2.56 bits per heavy atom. The number of carbonyl (C=O) groups excluding carboxylic acids is 3. The van der Waals surface area contributed by atoms with E-state index >= 15 is 0 Å². The number of benzene rings is 1. The number of amides is 1. The van der Waals surface area contributed by atoms with Crippen LogP contribution in [0.25, 0.3) is 22.3 Å². The van der Waals surface area contributed by atoms with E-state index in [4.69, 9.17) is 19.2 Å². The van der Waals surface area contributed by atoms with Crippen LogP contribution in [0.2, 0.25) is 0 Å². The fourth-order valence-electron chi connectivity index (χ4n) is 6.21. The highest BCUT2D eigenvalue weighted by molar-refractivity contribution is 8.32. The molecule has 11 heteroatoms. The first-order valence-corrected chi connectivity index (χ1v) is 18.1. The van der Waals surface area contributed by atoms with Gasteiger partial charge < -0.3 is 24.1 Å². The quantitative estimate of drug-likeness (QED) is 0.181. The van der Waals surface area contributed by atoms with Crippen molar-refractivity contribution in [2.24, 2.45) is 0 Å². The zero-order chi connectivity index (χ0) is 32.7. The van der Waals surface area contributed by atoms with Crippen LogP contribution in [0.3, 0.4) is 0 Å². The van der Waals surface area contributed by atoms with Crippen molar-refractivity contribution in [2.45, 2.75) is 89.6 Å². The Labute approximate surface area is 265 Å². The molecular weight excluding hydrogens is 594 g/mol. The third kappa shape index (κ3) is 6.06. The number of aromatic nitrogens is 2. The average molecular weight is 638 g/mol. The van der Waals surface area contributed by atoms with Crippen molar-refractivity contribution in [1.29, 1.82) is 0 Å². The van der Waals surface area contributed by atoms with Crippen molar-refractivity contribution in [3.05, 3.63) is 57.4 Å². The van der Waals surface area contributed by atoms with Crippen LogP contribution in [-0.2, 0) is 42.6 Å². The number of hydrogen-bond acceptors (Lipinski definition) is 8. The smallest absolute Gasteiger partial charge is 0.407 e. The summed E-state index contributed by atoms with van der Waals surface area (Å²) in [6.45, 7) is 9.23. The number of esters is 2. The van der Waals surface area contributed by atoms with Gasteiger partial charge in [-0.3, -0.25) is 9.59 Å². The van der Waals surface area contributed by atoms with Crippen LogP contribution in [-0.4, -0.2) is 58.0 Å². The van der Waals surface area contributed by atoms with Gasteiger partial charge in [0, 0.05) is 28.0 Å². The molecule has 1 amide bonds. The molecule has 0 aliphatic carbocycles. The standard InChI is InChI=1S/C34H43N3O7S/c1-8-10-17-45(6,7)29-21-13-11-12-14-25(21)36-28-22(29)19-37-26(28)18-24-23(30(37)39)20-42-31(40)34(24,9-2)43-27(38)15-16-35-32(41)44-33(3,4)5/h11-14,18H,8-10,15-17,19-20H2,1-7H3,(H,35,41)/t34-/m0/s1. The first kappa shape index (κ1) is 32.5. The molecule has 0 saturated heterocycles. The summed E-state index contributed by atoms with van der Waals surface area (Å²) in [5, 5.41) is 3.63. The van der Waals surface area contributed by atoms with Gasteiger partial charge in [0.2, 0.25) is 5.60 Å². The minimum atomic E-state index is -1.81. The van der Waals surface area contributed by atoms with Gasteiger partial charge in [-0.2, -0.15) is 0 Å². The first-order valence-electron chi connectivity index (χ1n) is 15.5. The molecule has 1 N–H and O–H groups in total. The van der Waals surface area contributed by atoms with E-state index < -0.39 is 39.3 Å². The lowest BCUT2D eigenvalue weighted by Gasteiger charge is -2.35. The van der Waals surface area contributed by atoms with Crippen molar-refractivity contribution in [3.8, 4) is 11.4 Å². The summed E-state index contributed by atoms with van der Waals surface area (Å²) < 4.78 is 18.3. The van der Waals surface area contributed by atoms with Gasteiger partial charge in [-0.15, -0.1) is 0 Å². The van der Waals surface area contributed by atoms with Crippen LogP contribution >= 0.6 is 10.0 Å². The summed E-state index contributed by atoms with van der Waals surface area (Å²) in [6.07, 6.45) is 6.04. The summed E-state index contributed by atoms with van der Waals surface area (Å²) in [6, 6.07) is 9.89. The summed E-state index contributed by atoms with van der Waals surface area (Å²) in [4.78, 5) is 58.9. The van der Waals surface area contributed by atoms with E-state index in [2.05, 4.69) is 30.8 Å². The molecule has 0 unspecified atom stereocenters. The number of rotatable bonds is 9. The van der Waals surface area contributed by atoms with E-state index in [1.54, 1.807) is 38.3 Å². The van der Waals surface area contributed by atoms with Crippen LogP contribution in [0.4, 0.5) is 4.79 Å². The van der Waals surface area contributed by atoms with E-state index in [9.17, 15) is 19.2 Å². The number of cyclic esters (lactones) is 1. The van der Waals surface area contributed by atoms with Gasteiger partial charge in [0.25, 0.3) is 5.56 Å². The molecule has 3 aromatic rings. The number of hydrogen-bond donors (Lipinski definition) is 1. The minimum absolute atomic E-state index is 0.0500. The van der Waals surface area contributed by atoms with Gasteiger partial charge in [0.05, 0.1) is 35.4 Å². The summed E-state index contributed by atoms with van der Waals surface area (Å²) in [5.74, 6) is -0.386. The largest absolute Gasteiger partial charge is 0.457 e. The molecule has 2 aromatic heterocycles. The Kier molecular flexibility index (Phi) is 8.78. The normalized spacial score (nSPS) is 17.6. The Balaban J connectivity index is 1.56. The molecule has 0 radical (unpaired) electrons. The van der Waals surface area contributed by atoms with Crippen molar-refractivity contribution in [3.63, 3.8) is 0 Å². The van der Waals surface area contributed by atoms with Gasteiger partial charge >= 0.3 is 18.0 Å². The molecule has 5 rings (SSSR count). The van der Waals surface area contributed by atoms with Gasteiger partial charge in [-0.05, 0) is 64.0 Å². The molecule has 0 bridgehead atoms. The second-order valence-electron chi connectivity index (χ2n) is 13.1. The van der Waals surface area contributed by atoms with Crippen molar-refractivity contribution in [2.75, 3.05) is 24.8 Å². The van der Waals surface area contributed by atoms with E-state index in [1.807, 2.05) is 18.2 Å². The van der Waals surface area contributed by atoms with Crippen LogP contribution in [0.1, 0.15) is 77.0 Å². The van der Waals surface area contributed by atoms with Gasteiger partial charge in [0.15, 0.2) is 0 Å². The maximum atomic E-state index is 14.1. The lowest BCUT2D eigenvalue weighted by atomic mass is 9.85. The number of nitrogens with one attached hydrogen (secondary N) is 1. The zero-order valence-corrected chi connectivity index (χ0v) is 28.0. The average Bonchev–Trinajstić information content (AvgIpc) is 3.33. The van der Waals surface area contributed by atoms with E-state index in [0.717, 1.165) is 40.8 Å². The molecular formula is C34H43N3O7S. The minimum Gasteiger partial charge on any atom is -0.457 e. The third-order valence-electron chi connectivity index (χ3n) is 8.36. The van der Waals surface area contributed by atoms with Crippen LogP contribution in [0.15, 0.2) is 40.0 Å². The topological polar surface area (TPSA) is 126 Å². The Morgan fingerprint density at radius 2 is 1.87 bits per heavy atom. The molecule has 0 saturated carbocycles. The van der Waals surface area contributed by atoms with Crippen LogP contribution < -0.4 is 10.9 Å². The third-order valence-corrected chi connectivity index (χ3v) is 11.2. The number of carbonyl (C=O) groups is 3. The number of ether oxygens (including phenoxy) is 3. The second-order valence-corrected chi connectivity index (χ2v) is 17.0. The summed E-state index contributed by atoms with van der Waals surface area (Å²) in [5.41, 5.74) is 1.04. The highest BCUT2D eigenvalue weighted by Gasteiger charge is 2.50. The van der Waals surface area contributed by atoms with Crippen molar-refractivity contribution in [1.82, 2.24) is 14.9 Å². The lowest BCUT2D eigenvalue weighted by Crippen LogP contribution is -2.47.